The smallest absolute Gasteiger partial charge is 0.253 e. The van der Waals surface area contributed by atoms with E-state index in [0.717, 1.165) is 36.5 Å². The zero-order chi connectivity index (χ0) is 14.1. The van der Waals surface area contributed by atoms with E-state index in [0.29, 0.717) is 5.92 Å². The van der Waals surface area contributed by atoms with Crippen LogP contribution in [-0.4, -0.2) is 31.0 Å². The van der Waals surface area contributed by atoms with Gasteiger partial charge in [0.05, 0.1) is 5.56 Å². The topological polar surface area (TPSA) is 41.1 Å². The first-order valence-corrected chi connectivity index (χ1v) is 8.18. The van der Waals surface area contributed by atoms with Crippen molar-refractivity contribution in [3.05, 3.63) is 29.8 Å². The normalized spacial score (nSPS) is 11.9. The van der Waals surface area contributed by atoms with Crippen molar-refractivity contribution in [2.24, 2.45) is 5.92 Å². The van der Waals surface area contributed by atoms with Crippen LogP contribution in [0.25, 0.3) is 0 Å². The number of carbonyl (C=O) groups is 1. The van der Waals surface area contributed by atoms with Gasteiger partial charge >= 0.3 is 0 Å². The average Bonchev–Trinajstić information content (AvgIpc) is 2.43. The third-order valence-corrected chi connectivity index (χ3v) is 3.70. The number of nitrogens with one attached hydrogen (secondary N) is 2. The van der Waals surface area contributed by atoms with Crippen molar-refractivity contribution in [1.29, 1.82) is 0 Å². The SMILES string of the molecule is CCCNc1ccccc1C(=O)NCC(C)CSC. The van der Waals surface area contributed by atoms with Gasteiger partial charge < -0.3 is 10.6 Å². The quantitative estimate of drug-likeness (QED) is 0.768. The summed E-state index contributed by atoms with van der Waals surface area (Å²) in [7, 11) is 0. The average molecular weight is 280 g/mol. The highest BCUT2D eigenvalue weighted by Crippen LogP contribution is 2.15. The number of hydrogen-bond acceptors (Lipinski definition) is 3. The Labute approximate surface area is 120 Å². The molecule has 1 aromatic rings. The lowest BCUT2D eigenvalue weighted by Gasteiger charge is -2.14. The minimum atomic E-state index is 0.00663. The number of benzene rings is 1. The second kappa shape index (κ2) is 8.86. The molecule has 0 aliphatic heterocycles. The van der Waals surface area contributed by atoms with Crippen LogP contribution in [0.3, 0.4) is 0 Å². The highest BCUT2D eigenvalue weighted by atomic mass is 32.2. The van der Waals surface area contributed by atoms with E-state index in [2.05, 4.69) is 30.7 Å². The molecule has 19 heavy (non-hydrogen) atoms. The Morgan fingerprint density at radius 2 is 2.11 bits per heavy atom. The number of hydrogen-bond donors (Lipinski definition) is 2. The number of amides is 1. The van der Waals surface area contributed by atoms with Crippen molar-refractivity contribution >= 4 is 23.4 Å². The van der Waals surface area contributed by atoms with Gasteiger partial charge in [0.15, 0.2) is 0 Å². The highest BCUT2D eigenvalue weighted by Gasteiger charge is 2.11. The summed E-state index contributed by atoms with van der Waals surface area (Å²) >= 11 is 1.81. The first kappa shape index (κ1) is 15.9. The predicted molar refractivity (Wildman–Crippen MR) is 85.1 cm³/mol. The maximum atomic E-state index is 12.2. The number of carbonyl (C=O) groups excluding carboxylic acids is 1. The Bertz CT molecular complexity index is 395. The summed E-state index contributed by atoms with van der Waals surface area (Å²) in [6.45, 7) is 5.87. The summed E-state index contributed by atoms with van der Waals surface area (Å²) in [5.74, 6) is 1.57. The maximum Gasteiger partial charge on any atom is 0.253 e. The number of thioether (sulfide) groups is 1. The van der Waals surface area contributed by atoms with Gasteiger partial charge in [0.25, 0.3) is 5.91 Å². The summed E-state index contributed by atoms with van der Waals surface area (Å²) in [5.41, 5.74) is 1.65. The Morgan fingerprint density at radius 1 is 1.37 bits per heavy atom. The number of rotatable bonds is 8. The Morgan fingerprint density at radius 3 is 2.79 bits per heavy atom. The van der Waals surface area contributed by atoms with E-state index in [1.807, 2.05) is 36.0 Å². The van der Waals surface area contributed by atoms with Crippen molar-refractivity contribution in [2.75, 3.05) is 30.4 Å². The molecule has 0 aromatic heterocycles. The zero-order valence-corrected chi connectivity index (χ0v) is 12.8. The molecule has 0 saturated heterocycles. The first-order chi connectivity index (χ1) is 9.19. The van der Waals surface area contributed by atoms with E-state index in [4.69, 9.17) is 0 Å². The van der Waals surface area contributed by atoms with Crippen LogP contribution >= 0.6 is 11.8 Å². The molecule has 0 fully saturated rings. The molecule has 2 N–H and O–H groups in total. The van der Waals surface area contributed by atoms with E-state index >= 15 is 0 Å². The van der Waals surface area contributed by atoms with E-state index in [-0.39, 0.29) is 5.91 Å². The summed E-state index contributed by atoms with van der Waals surface area (Å²) in [5, 5.41) is 6.30. The summed E-state index contributed by atoms with van der Waals surface area (Å²) in [4.78, 5) is 12.2. The Hall–Kier alpha value is -1.16. The van der Waals surface area contributed by atoms with Crippen molar-refractivity contribution < 1.29 is 4.79 Å². The Kier molecular flexibility index (Phi) is 7.41. The molecule has 4 heteroatoms. The molecule has 1 rings (SSSR count). The van der Waals surface area contributed by atoms with Gasteiger partial charge in [-0.2, -0.15) is 11.8 Å². The van der Waals surface area contributed by atoms with E-state index in [1.165, 1.54) is 0 Å². The fraction of sp³-hybridized carbons (Fsp3) is 0.533. The van der Waals surface area contributed by atoms with Gasteiger partial charge in [0.2, 0.25) is 0 Å². The molecule has 0 heterocycles. The van der Waals surface area contributed by atoms with Crippen LogP contribution < -0.4 is 10.6 Å². The largest absolute Gasteiger partial charge is 0.384 e. The van der Waals surface area contributed by atoms with Crippen molar-refractivity contribution in [1.82, 2.24) is 5.32 Å². The molecular weight excluding hydrogens is 256 g/mol. The molecule has 0 aliphatic carbocycles. The summed E-state index contributed by atoms with van der Waals surface area (Å²) in [6, 6.07) is 7.67. The van der Waals surface area contributed by atoms with E-state index < -0.39 is 0 Å². The van der Waals surface area contributed by atoms with E-state index in [1.54, 1.807) is 0 Å². The van der Waals surface area contributed by atoms with Crippen molar-refractivity contribution in [3.8, 4) is 0 Å². The molecule has 0 radical (unpaired) electrons. The van der Waals surface area contributed by atoms with Gasteiger partial charge in [-0.15, -0.1) is 0 Å². The Balaban J connectivity index is 2.60. The maximum absolute atomic E-state index is 12.2. The lowest BCUT2D eigenvalue weighted by Crippen LogP contribution is -2.29. The molecule has 0 bridgehead atoms. The van der Waals surface area contributed by atoms with Crippen LogP contribution in [0.5, 0.6) is 0 Å². The van der Waals surface area contributed by atoms with Crippen LogP contribution in [-0.2, 0) is 0 Å². The van der Waals surface area contributed by atoms with Crippen molar-refractivity contribution in [2.45, 2.75) is 20.3 Å². The zero-order valence-electron chi connectivity index (χ0n) is 12.0. The van der Waals surface area contributed by atoms with Gasteiger partial charge in [-0.25, -0.2) is 0 Å². The second-order valence-corrected chi connectivity index (χ2v) is 5.65. The molecular formula is C15H24N2OS. The van der Waals surface area contributed by atoms with Crippen molar-refractivity contribution in [3.63, 3.8) is 0 Å². The van der Waals surface area contributed by atoms with Crippen LogP contribution in [0.1, 0.15) is 30.6 Å². The molecule has 1 amide bonds. The van der Waals surface area contributed by atoms with E-state index in [9.17, 15) is 4.79 Å². The predicted octanol–water partition coefficient (Wildman–Crippen LogP) is 3.24. The summed E-state index contributed by atoms with van der Waals surface area (Å²) < 4.78 is 0. The van der Waals surface area contributed by atoms with Gasteiger partial charge in [0.1, 0.15) is 0 Å². The van der Waals surface area contributed by atoms with Gasteiger partial charge in [0, 0.05) is 18.8 Å². The lowest BCUT2D eigenvalue weighted by atomic mass is 10.1. The fourth-order valence-corrected chi connectivity index (χ4v) is 2.49. The second-order valence-electron chi connectivity index (χ2n) is 4.74. The van der Waals surface area contributed by atoms with Gasteiger partial charge in [-0.1, -0.05) is 26.0 Å². The number of anilines is 1. The molecule has 0 saturated carbocycles. The van der Waals surface area contributed by atoms with Gasteiger partial charge in [-0.05, 0) is 36.5 Å². The van der Waals surface area contributed by atoms with Crippen LogP contribution in [0, 0.1) is 5.92 Å². The molecule has 106 valence electrons. The fourth-order valence-electron chi connectivity index (χ4n) is 1.80. The molecule has 1 aromatic carbocycles. The number of para-hydroxylation sites is 1. The minimum absolute atomic E-state index is 0.00663. The lowest BCUT2D eigenvalue weighted by molar-refractivity contribution is 0.0950. The highest BCUT2D eigenvalue weighted by molar-refractivity contribution is 7.98. The minimum Gasteiger partial charge on any atom is -0.384 e. The molecule has 0 aliphatic rings. The first-order valence-electron chi connectivity index (χ1n) is 6.79. The standard InChI is InChI=1S/C15H24N2OS/c1-4-9-16-14-8-6-5-7-13(14)15(18)17-10-12(2)11-19-3/h5-8,12,16H,4,9-11H2,1-3H3,(H,17,18). The molecule has 1 unspecified atom stereocenters. The van der Waals surface area contributed by atoms with Crippen LogP contribution in [0.2, 0.25) is 0 Å². The molecule has 0 spiro atoms. The van der Waals surface area contributed by atoms with Gasteiger partial charge in [-0.3, -0.25) is 4.79 Å². The monoisotopic (exact) mass is 280 g/mol. The summed E-state index contributed by atoms with van der Waals surface area (Å²) in [6.07, 6.45) is 3.13. The third-order valence-electron chi connectivity index (χ3n) is 2.80. The van der Waals surface area contributed by atoms with Crippen LogP contribution in [0.4, 0.5) is 5.69 Å². The molecule has 1 atom stereocenters. The third kappa shape index (κ3) is 5.55. The van der Waals surface area contributed by atoms with Crippen LogP contribution in [0.15, 0.2) is 24.3 Å². The molecule has 3 nitrogen and oxygen atoms in total.